The highest BCUT2D eigenvalue weighted by Gasteiger charge is 2.24. The van der Waals surface area contributed by atoms with Gasteiger partial charge in [0.1, 0.15) is 0 Å². The fraction of sp³-hybridized carbons (Fsp3) is 0.143. The Morgan fingerprint density at radius 2 is 1.70 bits per heavy atom. The third-order valence-corrected chi connectivity index (χ3v) is 4.27. The van der Waals surface area contributed by atoms with E-state index in [4.69, 9.17) is 4.28 Å². The van der Waals surface area contributed by atoms with E-state index in [1.807, 2.05) is 0 Å². The first-order valence-corrected chi connectivity index (χ1v) is 7.87. The van der Waals surface area contributed by atoms with Gasteiger partial charge in [-0.1, -0.05) is 30.3 Å². The maximum Gasteiger partial charge on any atom is 0.313 e. The van der Waals surface area contributed by atoms with Crippen LogP contribution in [-0.4, -0.2) is 30.6 Å². The van der Waals surface area contributed by atoms with Crippen molar-refractivity contribution in [3.8, 4) is 0 Å². The van der Waals surface area contributed by atoms with Crippen LogP contribution in [0.2, 0.25) is 0 Å². The van der Waals surface area contributed by atoms with E-state index in [0.717, 1.165) is 29.3 Å². The number of nitro groups is 1. The normalized spacial score (nSPS) is 13.0. The van der Waals surface area contributed by atoms with E-state index in [1.165, 1.54) is 7.05 Å². The van der Waals surface area contributed by atoms with Crippen LogP contribution >= 0.6 is 0 Å². The van der Waals surface area contributed by atoms with Gasteiger partial charge in [0.15, 0.2) is 6.23 Å². The first kappa shape index (κ1) is 17.0. The maximum absolute atomic E-state index is 12.1. The Morgan fingerprint density at radius 3 is 2.22 bits per heavy atom. The number of hydroxylamine groups is 2. The summed E-state index contributed by atoms with van der Waals surface area (Å²) in [5.41, 5.74) is 0.218. The van der Waals surface area contributed by atoms with Gasteiger partial charge in [0.25, 0.3) is 5.69 Å². The lowest BCUT2D eigenvalue weighted by atomic mass is 10.2. The molecule has 0 aromatic heterocycles. The van der Waals surface area contributed by atoms with Crippen LogP contribution in [0.1, 0.15) is 11.8 Å². The average Bonchev–Trinajstić information content (AvgIpc) is 2.54. The number of nitrogens with zero attached hydrogens (tertiary/aromatic N) is 2. The number of aliphatic hydroxyl groups is 1. The van der Waals surface area contributed by atoms with E-state index < -0.39 is 21.3 Å². The van der Waals surface area contributed by atoms with E-state index in [0.29, 0.717) is 5.56 Å². The maximum atomic E-state index is 12.1. The summed E-state index contributed by atoms with van der Waals surface area (Å²) in [7, 11) is -2.95. The minimum Gasteiger partial charge on any atom is -0.372 e. The number of non-ortho nitro benzene ring substituents is 1. The van der Waals surface area contributed by atoms with Crippen molar-refractivity contribution < 1.29 is 22.7 Å². The first-order chi connectivity index (χ1) is 10.8. The summed E-state index contributed by atoms with van der Waals surface area (Å²) in [6, 6.07) is 12.6. The second kappa shape index (κ2) is 6.84. The zero-order chi connectivity index (χ0) is 17.0. The Bertz CT molecular complexity index is 777. The fourth-order valence-corrected chi connectivity index (χ4v) is 2.75. The van der Waals surface area contributed by atoms with Crippen molar-refractivity contribution in [2.75, 3.05) is 7.05 Å². The zero-order valence-corrected chi connectivity index (χ0v) is 12.9. The van der Waals surface area contributed by atoms with Crippen molar-refractivity contribution in [2.45, 2.75) is 11.1 Å². The number of hydrogen-bond acceptors (Lipinski definition) is 7. The third kappa shape index (κ3) is 4.11. The molecular weight excluding hydrogens is 324 g/mol. The second-order valence-electron chi connectivity index (χ2n) is 4.61. The minimum absolute atomic E-state index is 0.235. The summed E-state index contributed by atoms with van der Waals surface area (Å²) in [6.07, 6.45) is -1.29. The molecule has 1 unspecified atom stereocenters. The summed E-state index contributed by atoms with van der Waals surface area (Å²) in [5, 5.41) is 21.4. The van der Waals surface area contributed by atoms with Crippen molar-refractivity contribution in [2.24, 2.45) is 0 Å². The zero-order valence-electron chi connectivity index (χ0n) is 12.1. The van der Waals surface area contributed by atoms with Crippen LogP contribution < -0.4 is 0 Å². The van der Waals surface area contributed by atoms with E-state index in [-0.39, 0.29) is 10.6 Å². The predicted octanol–water partition coefficient (Wildman–Crippen LogP) is 1.84. The molecular formula is C14H14N2O6S. The van der Waals surface area contributed by atoms with Crippen LogP contribution in [0.3, 0.4) is 0 Å². The number of rotatable bonds is 6. The van der Waals surface area contributed by atoms with Gasteiger partial charge in [0, 0.05) is 19.2 Å². The molecule has 8 nitrogen and oxygen atoms in total. The molecule has 0 saturated heterocycles. The average molecular weight is 338 g/mol. The van der Waals surface area contributed by atoms with Gasteiger partial charge in [-0.05, 0) is 17.7 Å². The summed E-state index contributed by atoms with van der Waals surface area (Å²) in [6.45, 7) is 0. The third-order valence-electron chi connectivity index (χ3n) is 2.99. The molecule has 1 N–H and O–H groups in total. The predicted molar refractivity (Wildman–Crippen MR) is 80.5 cm³/mol. The lowest BCUT2D eigenvalue weighted by Gasteiger charge is -2.22. The lowest BCUT2D eigenvalue weighted by molar-refractivity contribution is -0.384. The molecule has 23 heavy (non-hydrogen) atoms. The molecule has 0 aliphatic carbocycles. The van der Waals surface area contributed by atoms with Gasteiger partial charge in [0.2, 0.25) is 0 Å². The van der Waals surface area contributed by atoms with Gasteiger partial charge in [0.05, 0.1) is 9.82 Å². The highest BCUT2D eigenvalue weighted by atomic mass is 32.2. The second-order valence-corrected chi connectivity index (χ2v) is 6.14. The molecule has 0 aliphatic heterocycles. The number of hydrogen-bond donors (Lipinski definition) is 1. The highest BCUT2D eigenvalue weighted by Crippen LogP contribution is 2.22. The molecule has 0 saturated carbocycles. The Labute approximate surface area is 132 Å². The molecule has 2 aromatic rings. The molecule has 122 valence electrons. The summed E-state index contributed by atoms with van der Waals surface area (Å²) >= 11 is 0. The Morgan fingerprint density at radius 1 is 1.13 bits per heavy atom. The van der Waals surface area contributed by atoms with Gasteiger partial charge in [-0.15, -0.1) is 5.06 Å². The van der Waals surface area contributed by atoms with Gasteiger partial charge in [-0.3, -0.25) is 10.1 Å². The number of nitro benzene ring substituents is 1. The van der Waals surface area contributed by atoms with Gasteiger partial charge in [-0.2, -0.15) is 12.7 Å². The van der Waals surface area contributed by atoms with Crippen molar-refractivity contribution >= 4 is 15.8 Å². The fourth-order valence-electron chi connectivity index (χ4n) is 1.81. The summed E-state index contributed by atoms with van der Waals surface area (Å²) in [5.74, 6) is 0. The van der Waals surface area contributed by atoms with Crippen LogP contribution in [-0.2, 0) is 14.4 Å². The number of aliphatic hydroxyl groups excluding tert-OH is 1. The molecule has 0 heterocycles. The van der Waals surface area contributed by atoms with Crippen LogP contribution in [0, 0.1) is 10.1 Å². The summed E-state index contributed by atoms with van der Waals surface area (Å²) < 4.78 is 29.1. The Hall–Kier alpha value is -2.33. The molecule has 0 fully saturated rings. The van der Waals surface area contributed by atoms with E-state index in [9.17, 15) is 23.6 Å². The topological polar surface area (TPSA) is 110 Å². The minimum atomic E-state index is -4.21. The van der Waals surface area contributed by atoms with Crippen molar-refractivity contribution in [1.29, 1.82) is 0 Å². The quantitative estimate of drug-likeness (QED) is 0.486. The molecule has 0 bridgehead atoms. The number of benzene rings is 2. The van der Waals surface area contributed by atoms with Crippen molar-refractivity contribution in [1.82, 2.24) is 5.06 Å². The molecule has 0 amide bonds. The van der Waals surface area contributed by atoms with Crippen molar-refractivity contribution in [3.05, 3.63) is 70.3 Å². The van der Waals surface area contributed by atoms with Crippen LogP contribution in [0.15, 0.2) is 59.5 Å². The molecule has 9 heteroatoms. The molecule has 0 radical (unpaired) electrons. The Kier molecular flexibility index (Phi) is 5.06. The van der Waals surface area contributed by atoms with E-state index in [1.54, 1.807) is 30.3 Å². The molecule has 0 spiro atoms. The molecule has 0 aliphatic rings. The summed E-state index contributed by atoms with van der Waals surface area (Å²) in [4.78, 5) is 9.68. The van der Waals surface area contributed by atoms with E-state index >= 15 is 0 Å². The molecule has 1 atom stereocenters. The Balaban J connectivity index is 2.15. The first-order valence-electron chi connectivity index (χ1n) is 6.46. The van der Waals surface area contributed by atoms with E-state index in [2.05, 4.69) is 0 Å². The standard InChI is InChI=1S/C14H14N2O6S/c1-15(14(17)11-5-3-2-4-6-11)22-23(20,21)13-9-7-12(8-10-13)16(18)19/h2-10,14,17H,1H3. The van der Waals surface area contributed by atoms with Gasteiger partial charge >= 0.3 is 10.1 Å². The SMILES string of the molecule is CN(OS(=O)(=O)c1ccc([N+](=O)[O-])cc1)C(O)c1ccccc1. The van der Waals surface area contributed by atoms with Crippen LogP contribution in [0.4, 0.5) is 5.69 Å². The van der Waals surface area contributed by atoms with Crippen LogP contribution in [0.5, 0.6) is 0 Å². The van der Waals surface area contributed by atoms with Crippen molar-refractivity contribution in [3.63, 3.8) is 0 Å². The lowest BCUT2D eigenvalue weighted by Crippen LogP contribution is -2.28. The highest BCUT2D eigenvalue weighted by molar-refractivity contribution is 7.86. The van der Waals surface area contributed by atoms with Gasteiger partial charge in [-0.25, -0.2) is 0 Å². The largest absolute Gasteiger partial charge is 0.372 e. The molecule has 2 aromatic carbocycles. The molecule has 2 rings (SSSR count). The smallest absolute Gasteiger partial charge is 0.313 e. The van der Waals surface area contributed by atoms with Crippen LogP contribution in [0.25, 0.3) is 0 Å². The van der Waals surface area contributed by atoms with Gasteiger partial charge < -0.3 is 5.11 Å². The monoisotopic (exact) mass is 338 g/mol.